The van der Waals surface area contributed by atoms with Crippen LogP contribution in [0.15, 0.2) is 29.3 Å². The van der Waals surface area contributed by atoms with Crippen LogP contribution in [0.3, 0.4) is 0 Å². The van der Waals surface area contributed by atoms with E-state index in [1.807, 2.05) is 0 Å². The van der Waals surface area contributed by atoms with E-state index in [-0.39, 0.29) is 12.2 Å². The normalized spacial score (nSPS) is 8.33. The topological polar surface area (TPSA) is 55.7 Å². The van der Waals surface area contributed by atoms with Gasteiger partial charge in [0.2, 0.25) is 6.08 Å². The van der Waals surface area contributed by atoms with Gasteiger partial charge in [0, 0.05) is 0 Å². The van der Waals surface area contributed by atoms with Crippen LogP contribution in [0.1, 0.15) is 0 Å². The summed E-state index contributed by atoms with van der Waals surface area (Å²) < 4.78 is 4.54. The number of isocyanates is 1. The molecule has 1 aromatic rings. The monoisotopic (exact) mass is 163 g/mol. The van der Waals surface area contributed by atoms with Crippen molar-refractivity contribution in [3.05, 3.63) is 24.3 Å². The van der Waals surface area contributed by atoms with Crippen LogP contribution in [-0.4, -0.2) is 12.6 Å². The lowest BCUT2D eigenvalue weighted by molar-refractivity contribution is -0.120. The van der Waals surface area contributed by atoms with Gasteiger partial charge in [-0.15, -0.1) is 0 Å². The van der Waals surface area contributed by atoms with E-state index in [1.165, 1.54) is 12.1 Å². The van der Waals surface area contributed by atoms with Crippen LogP contribution < -0.4 is 4.74 Å². The molecule has 4 nitrogen and oxygen atoms in total. The maximum Gasteiger partial charge on any atom is 0.298 e. The Hall–Kier alpha value is -1.93. The first-order valence-electron chi connectivity index (χ1n) is 3.15. The van der Waals surface area contributed by atoms with Gasteiger partial charge < -0.3 is 4.74 Å². The Morgan fingerprint density at radius 3 is 2.83 bits per heavy atom. The molecule has 0 amide bonds. The van der Waals surface area contributed by atoms with Gasteiger partial charge in [0.1, 0.15) is 5.69 Å². The van der Waals surface area contributed by atoms with Crippen LogP contribution in [0.5, 0.6) is 5.75 Å². The Morgan fingerprint density at radius 2 is 2.17 bits per heavy atom. The summed E-state index contributed by atoms with van der Waals surface area (Å²) in [7, 11) is 0. The molecular weight excluding hydrogens is 158 g/mol. The second kappa shape index (κ2) is 4.05. The molecule has 0 N–H and O–H groups in total. The summed E-state index contributed by atoms with van der Waals surface area (Å²) in [5.41, 5.74) is 0.291. The SMILES string of the molecule is O=C=Nc1ccccc1OC=O. The molecule has 0 aliphatic heterocycles. The predicted molar refractivity (Wildman–Crippen MR) is 40.9 cm³/mol. The zero-order valence-corrected chi connectivity index (χ0v) is 6.06. The van der Waals surface area contributed by atoms with Gasteiger partial charge in [0.15, 0.2) is 5.75 Å². The van der Waals surface area contributed by atoms with Crippen LogP contribution in [0, 0.1) is 0 Å². The molecule has 12 heavy (non-hydrogen) atoms. The van der Waals surface area contributed by atoms with Crippen LogP contribution >= 0.6 is 0 Å². The van der Waals surface area contributed by atoms with Gasteiger partial charge in [-0.25, -0.2) is 4.79 Å². The van der Waals surface area contributed by atoms with Crippen LogP contribution in [0.25, 0.3) is 0 Å². The highest BCUT2D eigenvalue weighted by Crippen LogP contribution is 2.25. The smallest absolute Gasteiger partial charge is 0.298 e. The summed E-state index contributed by atoms with van der Waals surface area (Å²) in [5.74, 6) is 0.246. The van der Waals surface area contributed by atoms with E-state index < -0.39 is 0 Å². The highest BCUT2D eigenvalue weighted by Gasteiger charge is 1.98. The number of aliphatic imine (C=N–C) groups is 1. The first-order chi connectivity index (χ1) is 5.88. The number of nitrogens with zero attached hydrogens (tertiary/aromatic N) is 1. The van der Waals surface area contributed by atoms with E-state index in [9.17, 15) is 9.59 Å². The van der Waals surface area contributed by atoms with Gasteiger partial charge >= 0.3 is 0 Å². The third kappa shape index (κ3) is 1.78. The van der Waals surface area contributed by atoms with Crippen molar-refractivity contribution in [3.63, 3.8) is 0 Å². The lowest BCUT2D eigenvalue weighted by atomic mass is 10.3. The van der Waals surface area contributed by atoms with Gasteiger partial charge in [-0.2, -0.15) is 4.99 Å². The maximum absolute atomic E-state index is 9.97. The largest absolute Gasteiger partial charge is 0.426 e. The summed E-state index contributed by atoms with van der Waals surface area (Å²) in [6.07, 6.45) is 1.36. The number of hydrogen-bond acceptors (Lipinski definition) is 4. The summed E-state index contributed by atoms with van der Waals surface area (Å²) >= 11 is 0. The second-order valence-electron chi connectivity index (χ2n) is 1.88. The van der Waals surface area contributed by atoms with Crippen molar-refractivity contribution in [1.82, 2.24) is 0 Å². The van der Waals surface area contributed by atoms with Crippen LogP contribution in [0.2, 0.25) is 0 Å². The maximum atomic E-state index is 9.97. The fraction of sp³-hybridized carbons (Fsp3) is 0. The highest BCUT2D eigenvalue weighted by molar-refractivity contribution is 5.61. The summed E-state index contributed by atoms with van der Waals surface area (Å²) in [6, 6.07) is 6.42. The fourth-order valence-electron chi connectivity index (χ4n) is 0.750. The average Bonchev–Trinajstić information content (AvgIpc) is 2.09. The third-order valence-corrected chi connectivity index (χ3v) is 1.21. The van der Waals surface area contributed by atoms with Crippen molar-refractivity contribution in [2.75, 3.05) is 0 Å². The molecule has 4 heteroatoms. The van der Waals surface area contributed by atoms with Crippen molar-refractivity contribution in [2.24, 2.45) is 4.99 Å². The zero-order valence-electron chi connectivity index (χ0n) is 6.06. The first-order valence-corrected chi connectivity index (χ1v) is 3.15. The van der Waals surface area contributed by atoms with Gasteiger partial charge in [-0.3, -0.25) is 4.79 Å². The first kappa shape index (κ1) is 8.17. The number of benzene rings is 1. The molecule has 60 valence electrons. The standard InChI is InChI=1S/C8H5NO3/c10-5-9-7-3-1-2-4-8(7)12-6-11/h1-4,6H. The molecule has 1 aromatic carbocycles. The molecule has 0 aliphatic carbocycles. The Labute approximate surface area is 68.5 Å². The second-order valence-corrected chi connectivity index (χ2v) is 1.88. The van der Waals surface area contributed by atoms with E-state index >= 15 is 0 Å². The minimum Gasteiger partial charge on any atom is -0.426 e. The van der Waals surface area contributed by atoms with Crippen molar-refractivity contribution >= 4 is 18.2 Å². The number of para-hydroxylation sites is 2. The van der Waals surface area contributed by atoms with E-state index in [2.05, 4.69) is 9.73 Å². The fourth-order valence-corrected chi connectivity index (χ4v) is 0.750. The molecule has 0 saturated heterocycles. The summed E-state index contributed by atoms with van der Waals surface area (Å²) in [4.78, 5) is 23.2. The Bertz CT molecular complexity index is 329. The van der Waals surface area contributed by atoms with Crippen molar-refractivity contribution < 1.29 is 14.3 Å². The molecule has 0 atom stereocenters. The molecule has 0 spiro atoms. The molecule has 0 fully saturated rings. The Kier molecular flexibility index (Phi) is 2.76. The van der Waals surface area contributed by atoms with Crippen LogP contribution in [0.4, 0.5) is 5.69 Å². The molecular formula is C8H5NO3. The van der Waals surface area contributed by atoms with E-state index in [0.717, 1.165) is 0 Å². The molecule has 0 aromatic heterocycles. The zero-order chi connectivity index (χ0) is 8.81. The highest BCUT2D eigenvalue weighted by atomic mass is 16.5. The summed E-state index contributed by atoms with van der Waals surface area (Å²) in [6.45, 7) is 0.277. The van der Waals surface area contributed by atoms with Gasteiger partial charge in [0.25, 0.3) is 6.47 Å². The summed E-state index contributed by atoms with van der Waals surface area (Å²) in [5, 5.41) is 0. The minimum absolute atomic E-state index is 0.246. The number of hydrogen-bond donors (Lipinski definition) is 0. The molecule has 0 saturated carbocycles. The quantitative estimate of drug-likeness (QED) is 0.382. The molecule has 0 radical (unpaired) electrons. The average molecular weight is 163 g/mol. The molecule has 1 rings (SSSR count). The van der Waals surface area contributed by atoms with Crippen molar-refractivity contribution in [2.45, 2.75) is 0 Å². The third-order valence-electron chi connectivity index (χ3n) is 1.21. The van der Waals surface area contributed by atoms with E-state index in [4.69, 9.17) is 0 Å². The van der Waals surface area contributed by atoms with Crippen molar-refractivity contribution in [3.8, 4) is 5.75 Å². The van der Waals surface area contributed by atoms with Gasteiger partial charge in [0.05, 0.1) is 0 Å². The van der Waals surface area contributed by atoms with E-state index in [1.54, 1.807) is 18.2 Å². The number of carbonyl (C=O) groups is 1. The van der Waals surface area contributed by atoms with Gasteiger partial charge in [-0.1, -0.05) is 12.1 Å². The minimum atomic E-state index is 0.246. The van der Waals surface area contributed by atoms with Crippen molar-refractivity contribution in [1.29, 1.82) is 0 Å². The van der Waals surface area contributed by atoms with E-state index in [0.29, 0.717) is 5.69 Å². The Balaban J connectivity index is 3.07. The number of rotatable bonds is 3. The predicted octanol–water partition coefficient (Wildman–Crippen LogP) is 1.19. The number of carbonyl (C=O) groups excluding carboxylic acids is 2. The molecule has 0 unspecified atom stereocenters. The van der Waals surface area contributed by atoms with Crippen LogP contribution in [-0.2, 0) is 9.59 Å². The molecule has 0 bridgehead atoms. The lowest BCUT2D eigenvalue weighted by Crippen LogP contribution is -1.87. The number of ether oxygens (including phenoxy) is 1. The molecule has 0 heterocycles. The molecule has 0 aliphatic rings. The Morgan fingerprint density at radius 1 is 1.42 bits per heavy atom. The van der Waals surface area contributed by atoms with Gasteiger partial charge in [-0.05, 0) is 12.1 Å². The lowest BCUT2D eigenvalue weighted by Gasteiger charge is -1.98.